The predicted molar refractivity (Wildman–Crippen MR) is 352 cm³/mol. The van der Waals surface area contributed by atoms with Gasteiger partial charge in [0.2, 0.25) is 5.91 Å². The maximum absolute atomic E-state index is 13.0. The van der Waals surface area contributed by atoms with Crippen LogP contribution in [0, 0.1) is 0 Å². The van der Waals surface area contributed by atoms with Gasteiger partial charge in [0.15, 0.2) is 6.29 Å². The molecule has 1 amide bonds. The summed E-state index contributed by atoms with van der Waals surface area (Å²) in [5.74, 6) is -0.176. The molecule has 1 heterocycles. The highest BCUT2D eigenvalue weighted by Gasteiger charge is 2.44. The third kappa shape index (κ3) is 50.8. The van der Waals surface area contributed by atoms with Crippen molar-refractivity contribution in [2.45, 2.75) is 397 Å². The van der Waals surface area contributed by atoms with Crippen molar-refractivity contribution >= 4 is 11.9 Å². The minimum atomic E-state index is -1.58. The van der Waals surface area contributed by atoms with Crippen molar-refractivity contribution in [3.05, 3.63) is 36.5 Å². The molecule has 6 N–H and O–H groups in total. The van der Waals surface area contributed by atoms with E-state index < -0.39 is 49.5 Å². The highest BCUT2D eigenvalue weighted by atomic mass is 16.7. The topological polar surface area (TPSA) is 175 Å². The quantitative estimate of drug-likeness (QED) is 0.0195. The molecular weight excluding hydrogens is 1050 g/mol. The molecule has 11 nitrogen and oxygen atoms in total. The van der Waals surface area contributed by atoms with Crippen molar-refractivity contribution in [1.82, 2.24) is 5.32 Å². The minimum Gasteiger partial charge on any atom is -0.466 e. The van der Waals surface area contributed by atoms with Gasteiger partial charge in [0.25, 0.3) is 0 Å². The zero-order chi connectivity index (χ0) is 60.9. The van der Waals surface area contributed by atoms with Gasteiger partial charge in [-0.1, -0.05) is 326 Å². The van der Waals surface area contributed by atoms with Gasteiger partial charge < -0.3 is 45.1 Å². The standard InChI is InChI=1S/C73H137NO10/c1-3-5-7-9-11-13-14-41-45-49-53-57-61-69(78)82-62-58-54-50-46-42-39-37-35-33-31-29-27-25-23-21-19-17-15-16-18-20-22-24-26-28-30-32-34-36-38-40-44-48-52-56-60-68(77)74-65(66(76)59-55-51-47-43-12-10-8-6-4-2)64-83-73-72(81)71(80)70(79)67(63-75)84-73/h4,6,12,43,55,59,65-67,70-73,75-76,79-81H,3,5,7-11,13-42,44-54,56-58,60-64H2,1-2H3,(H,74,77)/b6-4+,43-12+,59-55+. The summed E-state index contributed by atoms with van der Waals surface area (Å²) in [6.45, 7) is 4.13. The molecule has 11 heteroatoms. The fourth-order valence-electron chi connectivity index (χ4n) is 11.7. The lowest BCUT2D eigenvalue weighted by atomic mass is 9.99. The van der Waals surface area contributed by atoms with Gasteiger partial charge in [-0.3, -0.25) is 9.59 Å². The van der Waals surface area contributed by atoms with Gasteiger partial charge in [-0.25, -0.2) is 0 Å². The maximum Gasteiger partial charge on any atom is 0.305 e. The predicted octanol–water partition coefficient (Wildman–Crippen LogP) is 18.6. The molecule has 1 saturated heterocycles. The fourth-order valence-corrected chi connectivity index (χ4v) is 11.7. The van der Waals surface area contributed by atoms with Gasteiger partial charge >= 0.3 is 5.97 Å². The molecule has 0 radical (unpaired) electrons. The molecule has 1 aliphatic rings. The Morgan fingerprint density at radius 2 is 0.798 bits per heavy atom. The fraction of sp³-hybridized carbons (Fsp3) is 0.890. The molecule has 1 fully saturated rings. The lowest BCUT2D eigenvalue weighted by Crippen LogP contribution is -2.60. The number of nitrogens with one attached hydrogen (secondary N) is 1. The summed E-state index contributed by atoms with van der Waals surface area (Å²) in [7, 11) is 0. The molecule has 7 atom stereocenters. The second-order valence-corrected chi connectivity index (χ2v) is 25.3. The Morgan fingerprint density at radius 1 is 0.452 bits per heavy atom. The molecule has 0 bridgehead atoms. The molecule has 0 saturated carbocycles. The van der Waals surface area contributed by atoms with E-state index in [2.05, 4.69) is 30.5 Å². The van der Waals surface area contributed by atoms with Crippen LogP contribution in [0.3, 0.4) is 0 Å². The van der Waals surface area contributed by atoms with Crippen molar-refractivity contribution in [1.29, 1.82) is 0 Å². The highest BCUT2D eigenvalue weighted by Crippen LogP contribution is 2.24. The number of allylic oxidation sites excluding steroid dienone is 5. The SMILES string of the molecule is C/C=C/CC/C=C/CC/C=C/C(O)C(COC1OC(CO)C(O)C(O)C1O)NC(=O)CCCCCCCCCCCCCCCCCCCCCCCCCCCCCCCCCCCCCOC(=O)CCCCCCCCCCCCCC. The summed E-state index contributed by atoms with van der Waals surface area (Å²) in [4.78, 5) is 25.0. The molecular formula is C73H137NO10. The number of carbonyl (C=O) groups excluding carboxylic acids is 2. The third-order valence-corrected chi connectivity index (χ3v) is 17.3. The number of hydrogen-bond donors (Lipinski definition) is 6. The number of rotatable bonds is 64. The van der Waals surface area contributed by atoms with E-state index >= 15 is 0 Å². The maximum atomic E-state index is 13.0. The van der Waals surface area contributed by atoms with Crippen LogP contribution in [0.2, 0.25) is 0 Å². The largest absolute Gasteiger partial charge is 0.466 e. The van der Waals surface area contributed by atoms with Crippen LogP contribution >= 0.6 is 0 Å². The Morgan fingerprint density at radius 3 is 1.18 bits per heavy atom. The highest BCUT2D eigenvalue weighted by molar-refractivity contribution is 5.76. The minimum absolute atomic E-state index is 0.0166. The van der Waals surface area contributed by atoms with Crippen molar-refractivity contribution < 1.29 is 49.3 Å². The number of amides is 1. The van der Waals surface area contributed by atoms with Crippen LogP contribution in [0.1, 0.15) is 354 Å². The van der Waals surface area contributed by atoms with Gasteiger partial charge in [0.05, 0.1) is 32.0 Å². The van der Waals surface area contributed by atoms with Crippen molar-refractivity contribution in [2.24, 2.45) is 0 Å². The van der Waals surface area contributed by atoms with E-state index in [4.69, 9.17) is 14.2 Å². The lowest BCUT2D eigenvalue weighted by molar-refractivity contribution is -0.302. The summed E-state index contributed by atoms with van der Waals surface area (Å²) >= 11 is 0. The van der Waals surface area contributed by atoms with Crippen LogP contribution in [-0.4, -0.2) is 100 Å². The molecule has 0 aromatic heterocycles. The average Bonchev–Trinajstić information content (AvgIpc) is 3.23. The van der Waals surface area contributed by atoms with E-state index in [9.17, 15) is 35.1 Å². The average molecular weight is 1190 g/mol. The van der Waals surface area contributed by atoms with Gasteiger partial charge in [-0.05, 0) is 51.9 Å². The molecule has 7 unspecified atom stereocenters. The Labute approximate surface area is 517 Å². The summed E-state index contributed by atoms with van der Waals surface area (Å²) < 4.78 is 16.7. The first kappa shape index (κ1) is 79.9. The second-order valence-electron chi connectivity index (χ2n) is 25.3. The van der Waals surface area contributed by atoms with Gasteiger partial charge in [-0.15, -0.1) is 0 Å². The summed E-state index contributed by atoms with van der Waals surface area (Å²) in [5.41, 5.74) is 0. The molecule has 0 aromatic rings. The number of carbonyl (C=O) groups is 2. The number of hydrogen-bond acceptors (Lipinski definition) is 10. The third-order valence-electron chi connectivity index (χ3n) is 17.3. The number of ether oxygens (including phenoxy) is 3. The van der Waals surface area contributed by atoms with E-state index in [1.165, 1.54) is 270 Å². The monoisotopic (exact) mass is 1190 g/mol. The first-order valence-electron chi connectivity index (χ1n) is 36.2. The first-order valence-corrected chi connectivity index (χ1v) is 36.2. The van der Waals surface area contributed by atoms with E-state index in [-0.39, 0.29) is 18.5 Å². The lowest BCUT2D eigenvalue weighted by Gasteiger charge is -2.40. The molecule has 0 spiro atoms. The van der Waals surface area contributed by atoms with Crippen LogP contribution in [0.15, 0.2) is 36.5 Å². The number of esters is 1. The van der Waals surface area contributed by atoms with Gasteiger partial charge in [0, 0.05) is 12.8 Å². The van der Waals surface area contributed by atoms with Gasteiger partial charge in [0.1, 0.15) is 24.4 Å². The normalized spacial score (nSPS) is 18.2. The van der Waals surface area contributed by atoms with Crippen molar-refractivity contribution in [3.8, 4) is 0 Å². The zero-order valence-electron chi connectivity index (χ0n) is 54.9. The molecule has 494 valence electrons. The zero-order valence-corrected chi connectivity index (χ0v) is 54.9. The first-order chi connectivity index (χ1) is 41.2. The number of unbranched alkanes of at least 4 members (excludes halogenated alkanes) is 47. The Kier molecular flexibility index (Phi) is 59.4. The summed E-state index contributed by atoms with van der Waals surface area (Å²) in [5, 5.41) is 54.2. The van der Waals surface area contributed by atoms with E-state index in [1.807, 2.05) is 19.1 Å². The summed E-state index contributed by atoms with van der Waals surface area (Å²) in [6, 6.07) is -0.829. The van der Waals surface area contributed by atoms with E-state index in [1.54, 1.807) is 6.08 Å². The molecule has 0 aromatic carbocycles. The van der Waals surface area contributed by atoms with Crippen LogP contribution < -0.4 is 5.32 Å². The van der Waals surface area contributed by atoms with Crippen LogP contribution in [0.5, 0.6) is 0 Å². The number of aliphatic hydroxyl groups is 5. The smallest absolute Gasteiger partial charge is 0.305 e. The Bertz CT molecular complexity index is 1490. The van der Waals surface area contributed by atoms with Gasteiger partial charge in [-0.2, -0.15) is 0 Å². The number of aliphatic hydroxyl groups excluding tert-OH is 5. The van der Waals surface area contributed by atoms with Crippen molar-refractivity contribution in [2.75, 3.05) is 19.8 Å². The molecule has 84 heavy (non-hydrogen) atoms. The van der Waals surface area contributed by atoms with Crippen molar-refractivity contribution in [3.63, 3.8) is 0 Å². The van der Waals surface area contributed by atoms with E-state index in [0.717, 1.165) is 57.8 Å². The Hall–Kier alpha value is -2.12. The summed E-state index contributed by atoms with van der Waals surface area (Å²) in [6.07, 6.45) is 70.6. The molecule has 1 aliphatic heterocycles. The Balaban J connectivity index is 1.87. The molecule has 1 rings (SSSR count). The second kappa shape index (κ2) is 62.5. The van der Waals surface area contributed by atoms with Crippen LogP contribution in [-0.2, 0) is 23.8 Å². The van der Waals surface area contributed by atoms with E-state index in [0.29, 0.717) is 19.4 Å². The van der Waals surface area contributed by atoms with Crippen LogP contribution in [0.4, 0.5) is 0 Å². The molecule has 0 aliphatic carbocycles. The van der Waals surface area contributed by atoms with Crippen LogP contribution in [0.25, 0.3) is 0 Å².